The lowest BCUT2D eigenvalue weighted by atomic mass is 9.97. The number of rotatable bonds is 13. The average Bonchev–Trinajstić information content (AvgIpc) is 3.08. The number of ether oxygens (including phenoxy) is 2. The largest absolute Gasteiger partial charge is 0.462 e. The van der Waals surface area contributed by atoms with E-state index in [1.54, 1.807) is 56.6 Å². The standard InChI is InChI=1S/C37H35F3N2O7/c1-42(2)35(46)31-23-24(7-5-10-33(44)49-28-18-14-26(15-19-28)36(47)48-22-6-21-43)11-20-32(31)41-34(45)30-9-4-3-8-29(30)25-12-16-27(17-13-25)37(38,39)40/h3-4,8-9,11-20,23,43H,5-7,10,21-22H2,1-2H3,(H,41,45). The molecule has 0 atom stereocenters. The van der Waals surface area contributed by atoms with Crippen molar-refractivity contribution in [1.29, 1.82) is 0 Å². The monoisotopic (exact) mass is 676 g/mol. The topological polar surface area (TPSA) is 122 Å². The number of benzene rings is 4. The molecule has 0 aliphatic rings. The van der Waals surface area contributed by atoms with Gasteiger partial charge in [-0.1, -0.05) is 36.4 Å². The second-order valence-electron chi connectivity index (χ2n) is 11.2. The van der Waals surface area contributed by atoms with Crippen LogP contribution in [-0.2, 0) is 22.1 Å². The number of nitrogens with zero attached hydrogens (tertiary/aromatic N) is 1. The van der Waals surface area contributed by atoms with Crippen molar-refractivity contribution in [3.63, 3.8) is 0 Å². The lowest BCUT2D eigenvalue weighted by Crippen LogP contribution is -2.24. The predicted octanol–water partition coefficient (Wildman–Crippen LogP) is 6.79. The Hall–Kier alpha value is -5.49. The Balaban J connectivity index is 1.41. The van der Waals surface area contributed by atoms with Gasteiger partial charge in [0.25, 0.3) is 11.8 Å². The summed E-state index contributed by atoms with van der Waals surface area (Å²) in [6.07, 6.45) is -3.26. The molecule has 9 nitrogen and oxygen atoms in total. The summed E-state index contributed by atoms with van der Waals surface area (Å²) in [4.78, 5) is 52.4. The van der Waals surface area contributed by atoms with Gasteiger partial charge in [0.2, 0.25) is 0 Å². The maximum Gasteiger partial charge on any atom is 0.416 e. The number of nitrogens with one attached hydrogen (secondary N) is 1. The van der Waals surface area contributed by atoms with Crippen LogP contribution in [0, 0.1) is 0 Å². The molecule has 0 unspecified atom stereocenters. The second kappa shape index (κ2) is 16.6. The van der Waals surface area contributed by atoms with Crippen LogP contribution in [-0.4, -0.2) is 61.1 Å². The smallest absolute Gasteiger partial charge is 0.416 e. The number of carbonyl (C=O) groups excluding carboxylic acids is 4. The first-order valence-corrected chi connectivity index (χ1v) is 15.4. The maximum absolute atomic E-state index is 13.5. The molecule has 0 fully saturated rings. The molecule has 0 radical (unpaired) electrons. The summed E-state index contributed by atoms with van der Waals surface area (Å²) in [7, 11) is 3.15. The average molecular weight is 677 g/mol. The van der Waals surface area contributed by atoms with E-state index in [1.807, 2.05) is 0 Å². The van der Waals surface area contributed by atoms with Crippen molar-refractivity contribution in [2.45, 2.75) is 31.9 Å². The summed E-state index contributed by atoms with van der Waals surface area (Å²) in [6, 6.07) is 21.9. The van der Waals surface area contributed by atoms with E-state index < -0.39 is 29.6 Å². The number of alkyl halides is 3. The van der Waals surface area contributed by atoms with Crippen LogP contribution in [0.2, 0.25) is 0 Å². The SMILES string of the molecule is CN(C)C(=O)c1cc(CCCC(=O)Oc2ccc(C(=O)OCCCO)cc2)ccc1NC(=O)c1ccccc1-c1ccc(C(F)(F)F)cc1. The molecule has 2 N–H and O–H groups in total. The summed E-state index contributed by atoms with van der Waals surface area (Å²) < 4.78 is 49.6. The Labute approximate surface area is 281 Å². The van der Waals surface area contributed by atoms with E-state index in [1.165, 1.54) is 41.3 Å². The molecule has 4 aromatic carbocycles. The number of aryl methyl sites for hydroxylation is 1. The minimum atomic E-state index is -4.49. The van der Waals surface area contributed by atoms with Crippen molar-refractivity contribution in [2.75, 3.05) is 32.6 Å². The van der Waals surface area contributed by atoms with Crippen molar-refractivity contribution in [3.05, 3.63) is 119 Å². The van der Waals surface area contributed by atoms with E-state index in [4.69, 9.17) is 14.6 Å². The molecule has 4 rings (SSSR count). The number of esters is 2. The molecule has 12 heteroatoms. The number of amides is 2. The molecule has 2 amide bonds. The van der Waals surface area contributed by atoms with E-state index in [2.05, 4.69) is 5.32 Å². The van der Waals surface area contributed by atoms with Crippen molar-refractivity contribution >= 4 is 29.4 Å². The van der Waals surface area contributed by atoms with Crippen LogP contribution < -0.4 is 10.1 Å². The molecule has 256 valence electrons. The van der Waals surface area contributed by atoms with Crippen LogP contribution in [0.5, 0.6) is 5.75 Å². The summed E-state index contributed by atoms with van der Waals surface area (Å²) in [5.41, 5.74) is 1.74. The maximum atomic E-state index is 13.5. The highest BCUT2D eigenvalue weighted by atomic mass is 19.4. The Kier molecular flexibility index (Phi) is 12.3. The number of halogens is 3. The molecule has 0 aliphatic heterocycles. The van der Waals surface area contributed by atoms with Crippen molar-refractivity contribution in [1.82, 2.24) is 4.90 Å². The Morgan fingerprint density at radius 1 is 0.837 bits per heavy atom. The Morgan fingerprint density at radius 3 is 2.18 bits per heavy atom. The van der Waals surface area contributed by atoms with E-state index in [9.17, 15) is 32.3 Å². The van der Waals surface area contributed by atoms with Crippen LogP contribution in [0.15, 0.2) is 91.0 Å². The number of hydrogen-bond acceptors (Lipinski definition) is 7. The predicted molar refractivity (Wildman–Crippen MR) is 176 cm³/mol. The van der Waals surface area contributed by atoms with E-state index in [-0.39, 0.29) is 53.7 Å². The van der Waals surface area contributed by atoms with Gasteiger partial charge in [0, 0.05) is 39.1 Å². The summed E-state index contributed by atoms with van der Waals surface area (Å²) in [6.45, 7) is 0.00723. The third-order valence-corrected chi connectivity index (χ3v) is 7.37. The Bertz CT molecular complexity index is 1790. The molecule has 49 heavy (non-hydrogen) atoms. The summed E-state index contributed by atoms with van der Waals surface area (Å²) >= 11 is 0. The van der Waals surface area contributed by atoms with E-state index in [0.717, 1.165) is 17.7 Å². The van der Waals surface area contributed by atoms with Crippen molar-refractivity contribution in [3.8, 4) is 16.9 Å². The lowest BCUT2D eigenvalue weighted by molar-refractivity contribution is -0.137. The fourth-order valence-corrected chi connectivity index (χ4v) is 4.83. The van der Waals surface area contributed by atoms with Crippen molar-refractivity contribution < 1.29 is 46.9 Å². The number of aliphatic hydroxyl groups is 1. The number of hydrogen-bond donors (Lipinski definition) is 2. The van der Waals surface area contributed by atoms with Crippen LogP contribution in [0.3, 0.4) is 0 Å². The molecule has 4 aromatic rings. The zero-order valence-corrected chi connectivity index (χ0v) is 26.9. The zero-order valence-electron chi connectivity index (χ0n) is 26.9. The zero-order chi connectivity index (χ0) is 35.6. The molecule has 0 bridgehead atoms. The highest BCUT2D eigenvalue weighted by molar-refractivity contribution is 6.11. The van der Waals surface area contributed by atoms with Gasteiger partial charge in [-0.3, -0.25) is 14.4 Å². The van der Waals surface area contributed by atoms with Gasteiger partial charge in [0.1, 0.15) is 5.75 Å². The third-order valence-electron chi connectivity index (χ3n) is 7.37. The highest BCUT2D eigenvalue weighted by Crippen LogP contribution is 2.32. The van der Waals surface area contributed by atoms with Gasteiger partial charge in [0.15, 0.2) is 0 Å². The van der Waals surface area contributed by atoms with Crippen LogP contribution >= 0.6 is 0 Å². The van der Waals surface area contributed by atoms with Gasteiger partial charge in [0.05, 0.1) is 29.0 Å². The summed E-state index contributed by atoms with van der Waals surface area (Å²) in [5, 5.41) is 11.6. The molecule has 0 saturated heterocycles. The quantitative estimate of drug-likeness (QED) is 0.0908. The van der Waals surface area contributed by atoms with Gasteiger partial charge in [-0.05, 0) is 84.1 Å². The van der Waals surface area contributed by atoms with Crippen LogP contribution in [0.4, 0.5) is 18.9 Å². The molecule has 0 spiro atoms. The minimum absolute atomic E-state index is 0.0706. The highest BCUT2D eigenvalue weighted by Gasteiger charge is 2.30. The second-order valence-corrected chi connectivity index (χ2v) is 11.2. The Morgan fingerprint density at radius 2 is 1.53 bits per heavy atom. The van der Waals surface area contributed by atoms with Gasteiger partial charge >= 0.3 is 18.1 Å². The van der Waals surface area contributed by atoms with Crippen molar-refractivity contribution in [2.24, 2.45) is 0 Å². The van der Waals surface area contributed by atoms with Crippen LogP contribution in [0.1, 0.15) is 61.5 Å². The number of anilines is 1. The van der Waals surface area contributed by atoms with Gasteiger partial charge in [-0.15, -0.1) is 0 Å². The molecule has 0 heterocycles. The third kappa shape index (κ3) is 10.0. The summed E-state index contributed by atoms with van der Waals surface area (Å²) in [5.74, 6) is -1.69. The molecular weight excluding hydrogens is 641 g/mol. The molecule has 0 aromatic heterocycles. The first-order valence-electron chi connectivity index (χ1n) is 15.4. The van der Waals surface area contributed by atoms with Crippen LogP contribution in [0.25, 0.3) is 11.1 Å². The molecule has 0 saturated carbocycles. The minimum Gasteiger partial charge on any atom is -0.462 e. The fourth-order valence-electron chi connectivity index (χ4n) is 4.83. The molecule has 0 aliphatic carbocycles. The van der Waals surface area contributed by atoms with Gasteiger partial charge in [-0.25, -0.2) is 4.79 Å². The normalized spacial score (nSPS) is 11.1. The lowest BCUT2D eigenvalue weighted by Gasteiger charge is -2.17. The first-order chi connectivity index (χ1) is 23.4. The van der Waals surface area contributed by atoms with E-state index in [0.29, 0.717) is 30.4 Å². The van der Waals surface area contributed by atoms with Gasteiger partial charge < -0.3 is 24.8 Å². The first kappa shape index (κ1) is 36.3. The van der Waals surface area contributed by atoms with E-state index >= 15 is 0 Å². The molecular formula is C37H35F3N2O7. The number of aliphatic hydroxyl groups excluding tert-OH is 1. The van der Waals surface area contributed by atoms with Gasteiger partial charge in [-0.2, -0.15) is 13.2 Å². The number of carbonyl (C=O) groups is 4. The fraction of sp³-hybridized carbons (Fsp3) is 0.243.